The van der Waals surface area contributed by atoms with Gasteiger partial charge in [0.1, 0.15) is 0 Å². The van der Waals surface area contributed by atoms with Crippen molar-refractivity contribution >= 4 is 11.5 Å². The molecule has 4 heteroatoms. The molecule has 1 saturated heterocycles. The van der Waals surface area contributed by atoms with E-state index in [1.807, 2.05) is 24.3 Å². The average molecular weight is 234 g/mol. The number of rotatable bonds is 2. The number of Topliss-reactive ketones (excluding diaryl/α,β-unsaturated/α-hetero) is 1. The first-order valence-corrected chi connectivity index (χ1v) is 5.91. The molecule has 0 aromatic heterocycles. The van der Waals surface area contributed by atoms with Crippen LogP contribution in [-0.2, 0) is 0 Å². The molecule has 0 saturated carbocycles. The smallest absolute Gasteiger partial charge is 0.159 e. The highest BCUT2D eigenvalue weighted by atomic mass is 16.3. The number of carbonyl (C=O) groups is 1. The van der Waals surface area contributed by atoms with Crippen LogP contribution in [0.2, 0.25) is 0 Å². The van der Waals surface area contributed by atoms with Gasteiger partial charge in [-0.2, -0.15) is 0 Å². The average Bonchev–Trinajstić information content (AvgIpc) is 2.54. The number of anilines is 1. The van der Waals surface area contributed by atoms with Crippen molar-refractivity contribution in [2.24, 2.45) is 0 Å². The van der Waals surface area contributed by atoms with Crippen molar-refractivity contribution in [1.82, 2.24) is 5.32 Å². The highest BCUT2D eigenvalue weighted by molar-refractivity contribution is 5.94. The van der Waals surface area contributed by atoms with Crippen molar-refractivity contribution < 1.29 is 9.90 Å². The summed E-state index contributed by atoms with van der Waals surface area (Å²) in [6, 6.07) is 7.55. The summed E-state index contributed by atoms with van der Waals surface area (Å²) in [5.41, 5.74) is 1.78. The van der Waals surface area contributed by atoms with Crippen LogP contribution in [-0.4, -0.2) is 43.2 Å². The van der Waals surface area contributed by atoms with E-state index >= 15 is 0 Å². The van der Waals surface area contributed by atoms with Gasteiger partial charge in [-0.3, -0.25) is 4.79 Å². The monoisotopic (exact) mass is 234 g/mol. The Morgan fingerprint density at radius 1 is 1.41 bits per heavy atom. The van der Waals surface area contributed by atoms with E-state index in [0.717, 1.165) is 24.3 Å². The molecule has 4 nitrogen and oxygen atoms in total. The predicted molar refractivity (Wildman–Crippen MR) is 67.5 cm³/mol. The first-order chi connectivity index (χ1) is 8.16. The summed E-state index contributed by atoms with van der Waals surface area (Å²) in [6.07, 6.45) is -0.343. The Kier molecular flexibility index (Phi) is 3.76. The largest absolute Gasteiger partial charge is 0.390 e. The quantitative estimate of drug-likeness (QED) is 0.738. The number of nitrogens with one attached hydrogen (secondary N) is 1. The lowest BCUT2D eigenvalue weighted by atomic mass is 10.1. The van der Waals surface area contributed by atoms with Crippen molar-refractivity contribution in [1.29, 1.82) is 0 Å². The summed E-state index contributed by atoms with van der Waals surface area (Å²) >= 11 is 0. The van der Waals surface area contributed by atoms with E-state index in [-0.39, 0.29) is 11.9 Å². The van der Waals surface area contributed by atoms with Gasteiger partial charge < -0.3 is 15.3 Å². The fraction of sp³-hybridized carbons (Fsp3) is 0.462. The number of ketones is 1. The van der Waals surface area contributed by atoms with Gasteiger partial charge in [-0.05, 0) is 31.2 Å². The van der Waals surface area contributed by atoms with Gasteiger partial charge >= 0.3 is 0 Å². The number of hydrogen-bond donors (Lipinski definition) is 2. The zero-order chi connectivity index (χ0) is 12.3. The van der Waals surface area contributed by atoms with Gasteiger partial charge in [0.15, 0.2) is 5.78 Å². The van der Waals surface area contributed by atoms with Crippen LogP contribution in [0.1, 0.15) is 17.3 Å². The molecular formula is C13H18N2O2. The second-order valence-electron chi connectivity index (χ2n) is 4.41. The Labute approximate surface area is 101 Å². The van der Waals surface area contributed by atoms with Gasteiger partial charge in [0.25, 0.3) is 0 Å². The predicted octanol–water partition coefficient (Wildman–Crippen LogP) is 0.660. The van der Waals surface area contributed by atoms with Gasteiger partial charge in [-0.15, -0.1) is 0 Å². The molecule has 2 N–H and O–H groups in total. The summed E-state index contributed by atoms with van der Waals surface area (Å²) in [5, 5.41) is 12.9. The standard InChI is InChI=1S/C13H18N2O2/c1-10(16)11-2-4-12(5-3-11)15-7-6-14-8-13(17)9-15/h2-5,13-14,17H,6-9H2,1H3. The maximum atomic E-state index is 11.2. The molecule has 0 spiro atoms. The molecule has 0 radical (unpaired) electrons. The molecular weight excluding hydrogens is 216 g/mol. The first kappa shape index (κ1) is 12.1. The maximum Gasteiger partial charge on any atom is 0.159 e. The van der Waals surface area contributed by atoms with Gasteiger partial charge in [0.05, 0.1) is 6.10 Å². The Bertz CT molecular complexity index is 389. The zero-order valence-corrected chi connectivity index (χ0v) is 10.0. The molecule has 1 aromatic rings. The number of benzene rings is 1. The molecule has 1 fully saturated rings. The van der Waals surface area contributed by atoms with Gasteiger partial charge in [0.2, 0.25) is 0 Å². The Morgan fingerprint density at radius 3 is 2.76 bits per heavy atom. The molecule has 1 atom stereocenters. The minimum absolute atomic E-state index is 0.0779. The lowest BCUT2D eigenvalue weighted by Gasteiger charge is -2.24. The van der Waals surface area contributed by atoms with E-state index in [9.17, 15) is 9.90 Å². The van der Waals surface area contributed by atoms with E-state index in [1.54, 1.807) is 6.92 Å². The van der Waals surface area contributed by atoms with E-state index in [0.29, 0.717) is 13.1 Å². The zero-order valence-electron chi connectivity index (χ0n) is 10.0. The molecule has 0 bridgehead atoms. The van der Waals surface area contributed by atoms with Crippen LogP contribution < -0.4 is 10.2 Å². The van der Waals surface area contributed by atoms with E-state index in [1.165, 1.54) is 0 Å². The molecule has 1 unspecified atom stereocenters. The van der Waals surface area contributed by atoms with Crippen LogP contribution in [0.4, 0.5) is 5.69 Å². The summed E-state index contributed by atoms with van der Waals surface area (Å²) in [7, 11) is 0. The van der Waals surface area contributed by atoms with Crippen LogP contribution in [0.25, 0.3) is 0 Å². The fourth-order valence-corrected chi connectivity index (χ4v) is 2.03. The first-order valence-electron chi connectivity index (χ1n) is 5.91. The van der Waals surface area contributed by atoms with Gasteiger partial charge in [0, 0.05) is 37.4 Å². The number of nitrogens with zero attached hydrogens (tertiary/aromatic N) is 1. The topological polar surface area (TPSA) is 52.6 Å². The molecule has 0 amide bonds. The van der Waals surface area contributed by atoms with Crippen LogP contribution in [0.5, 0.6) is 0 Å². The molecule has 2 rings (SSSR count). The van der Waals surface area contributed by atoms with Crippen molar-refractivity contribution in [3.63, 3.8) is 0 Å². The lowest BCUT2D eigenvalue weighted by molar-refractivity contribution is 0.101. The number of aliphatic hydroxyl groups excluding tert-OH is 1. The third-order valence-corrected chi connectivity index (χ3v) is 3.01. The molecule has 0 aliphatic carbocycles. The SMILES string of the molecule is CC(=O)c1ccc(N2CCNCC(O)C2)cc1. The van der Waals surface area contributed by atoms with Crippen molar-refractivity contribution in [3.05, 3.63) is 29.8 Å². The highest BCUT2D eigenvalue weighted by Crippen LogP contribution is 2.16. The summed E-state index contributed by atoms with van der Waals surface area (Å²) < 4.78 is 0. The summed E-state index contributed by atoms with van der Waals surface area (Å²) in [4.78, 5) is 13.3. The summed E-state index contributed by atoms with van der Waals surface area (Å²) in [6.45, 7) is 4.57. The van der Waals surface area contributed by atoms with Gasteiger partial charge in [-0.1, -0.05) is 0 Å². The van der Waals surface area contributed by atoms with Crippen LogP contribution >= 0.6 is 0 Å². The lowest BCUT2D eigenvalue weighted by Crippen LogP contribution is -2.32. The fourth-order valence-electron chi connectivity index (χ4n) is 2.03. The number of hydrogen-bond acceptors (Lipinski definition) is 4. The van der Waals surface area contributed by atoms with E-state index < -0.39 is 0 Å². The minimum atomic E-state index is -0.343. The Morgan fingerprint density at radius 2 is 2.12 bits per heavy atom. The van der Waals surface area contributed by atoms with Crippen LogP contribution in [0.15, 0.2) is 24.3 Å². The van der Waals surface area contributed by atoms with E-state index in [4.69, 9.17) is 0 Å². The summed E-state index contributed by atoms with van der Waals surface area (Å²) in [5.74, 6) is 0.0779. The molecule has 1 heterocycles. The molecule has 17 heavy (non-hydrogen) atoms. The van der Waals surface area contributed by atoms with Crippen molar-refractivity contribution in [3.8, 4) is 0 Å². The maximum absolute atomic E-state index is 11.2. The normalized spacial score (nSPS) is 21.1. The molecule has 1 aromatic carbocycles. The van der Waals surface area contributed by atoms with Crippen molar-refractivity contribution in [2.45, 2.75) is 13.0 Å². The Hall–Kier alpha value is -1.39. The van der Waals surface area contributed by atoms with Gasteiger partial charge in [-0.25, -0.2) is 0 Å². The third kappa shape index (κ3) is 3.05. The number of aliphatic hydroxyl groups is 1. The Balaban J connectivity index is 2.12. The second kappa shape index (κ2) is 5.29. The highest BCUT2D eigenvalue weighted by Gasteiger charge is 2.15. The van der Waals surface area contributed by atoms with Crippen molar-refractivity contribution in [2.75, 3.05) is 31.1 Å². The van der Waals surface area contributed by atoms with Crippen LogP contribution in [0.3, 0.4) is 0 Å². The van der Waals surface area contributed by atoms with E-state index in [2.05, 4.69) is 10.2 Å². The minimum Gasteiger partial charge on any atom is -0.390 e. The molecule has 92 valence electrons. The van der Waals surface area contributed by atoms with Crippen LogP contribution in [0, 0.1) is 0 Å². The second-order valence-corrected chi connectivity index (χ2v) is 4.41. The number of β-amino-alcohol motifs (C(OH)–C–C–N with tert-alkyl or cyclic N) is 1. The number of carbonyl (C=O) groups excluding carboxylic acids is 1. The third-order valence-electron chi connectivity index (χ3n) is 3.01. The molecule has 1 aliphatic heterocycles. The molecule has 1 aliphatic rings.